The van der Waals surface area contributed by atoms with Gasteiger partial charge < -0.3 is 9.84 Å². The van der Waals surface area contributed by atoms with Gasteiger partial charge in [-0.15, -0.1) is 11.6 Å². The molecule has 0 amide bonds. The van der Waals surface area contributed by atoms with Gasteiger partial charge in [0.2, 0.25) is 0 Å². The topological polar surface area (TPSA) is 63.6 Å². The van der Waals surface area contributed by atoms with Gasteiger partial charge in [-0.3, -0.25) is 4.79 Å². The third-order valence-corrected chi connectivity index (χ3v) is 1.50. The highest BCUT2D eigenvalue weighted by atomic mass is 35.5. The van der Waals surface area contributed by atoms with Gasteiger partial charge in [0.05, 0.1) is 0 Å². The number of alkyl halides is 1. The van der Waals surface area contributed by atoms with Gasteiger partial charge in [0.1, 0.15) is 12.0 Å². The summed E-state index contributed by atoms with van der Waals surface area (Å²) in [6.45, 7) is 4.89. The predicted octanol–water partition coefficient (Wildman–Crippen LogP) is 1.19. The molecule has 0 radical (unpaired) electrons. The third-order valence-electron chi connectivity index (χ3n) is 1.28. The standard InChI is InChI=1S/C8H11ClO4/c1-5(8(11)12)3-6(2)13-7(10)4-9/h6H,1,3-4H2,2H3,(H,11,12). The molecule has 13 heavy (non-hydrogen) atoms. The van der Waals surface area contributed by atoms with Crippen molar-refractivity contribution in [2.75, 3.05) is 5.88 Å². The Labute approximate surface area is 81.1 Å². The quantitative estimate of drug-likeness (QED) is 0.417. The molecule has 0 fully saturated rings. The molecule has 0 bridgehead atoms. The van der Waals surface area contributed by atoms with Crippen LogP contribution < -0.4 is 0 Å². The molecule has 0 aliphatic rings. The van der Waals surface area contributed by atoms with Gasteiger partial charge >= 0.3 is 11.9 Å². The van der Waals surface area contributed by atoms with Crippen LogP contribution in [0, 0.1) is 0 Å². The minimum atomic E-state index is -1.09. The van der Waals surface area contributed by atoms with E-state index < -0.39 is 18.0 Å². The second-order valence-electron chi connectivity index (χ2n) is 2.55. The number of halogens is 1. The number of carboxylic acid groups (broad SMARTS) is 1. The summed E-state index contributed by atoms with van der Waals surface area (Å²) in [5.41, 5.74) is 0.00914. The van der Waals surface area contributed by atoms with Crippen LogP contribution in [0.1, 0.15) is 13.3 Å². The van der Waals surface area contributed by atoms with E-state index in [1.165, 1.54) is 0 Å². The molecule has 0 spiro atoms. The fourth-order valence-electron chi connectivity index (χ4n) is 0.732. The van der Waals surface area contributed by atoms with Gasteiger partial charge in [-0.1, -0.05) is 6.58 Å². The van der Waals surface area contributed by atoms with Crippen LogP contribution >= 0.6 is 11.6 Å². The summed E-state index contributed by atoms with van der Waals surface area (Å²) in [5.74, 6) is -1.88. The minimum Gasteiger partial charge on any atom is -0.478 e. The molecule has 0 aromatic heterocycles. The molecule has 0 rings (SSSR count). The largest absolute Gasteiger partial charge is 0.478 e. The van der Waals surface area contributed by atoms with Crippen LogP contribution in [0.2, 0.25) is 0 Å². The Morgan fingerprint density at radius 2 is 2.15 bits per heavy atom. The average Bonchev–Trinajstić information content (AvgIpc) is 2.03. The van der Waals surface area contributed by atoms with Crippen LogP contribution in [0.4, 0.5) is 0 Å². The summed E-state index contributed by atoms with van der Waals surface area (Å²) in [6.07, 6.45) is -0.396. The molecule has 0 saturated carbocycles. The molecule has 1 unspecified atom stereocenters. The van der Waals surface area contributed by atoms with E-state index in [0.29, 0.717) is 0 Å². The number of esters is 1. The lowest BCUT2D eigenvalue weighted by molar-refractivity contribution is -0.145. The Balaban J connectivity index is 3.87. The summed E-state index contributed by atoms with van der Waals surface area (Å²) in [5, 5.41) is 8.46. The summed E-state index contributed by atoms with van der Waals surface area (Å²) >= 11 is 5.18. The molecule has 0 saturated heterocycles. The first-order valence-electron chi connectivity index (χ1n) is 3.64. The van der Waals surface area contributed by atoms with Crippen molar-refractivity contribution in [1.82, 2.24) is 0 Å². The lowest BCUT2D eigenvalue weighted by atomic mass is 10.1. The maximum absolute atomic E-state index is 10.6. The van der Waals surface area contributed by atoms with E-state index in [1.807, 2.05) is 0 Å². The highest BCUT2D eigenvalue weighted by Crippen LogP contribution is 2.06. The molecule has 0 aromatic carbocycles. The SMILES string of the molecule is C=C(CC(C)OC(=O)CCl)C(=O)O. The van der Waals surface area contributed by atoms with Crippen molar-refractivity contribution >= 4 is 23.5 Å². The Morgan fingerprint density at radius 1 is 1.62 bits per heavy atom. The van der Waals surface area contributed by atoms with E-state index in [9.17, 15) is 9.59 Å². The van der Waals surface area contributed by atoms with Crippen molar-refractivity contribution in [3.05, 3.63) is 12.2 Å². The first kappa shape index (κ1) is 12.0. The molecule has 0 aromatic rings. The van der Waals surface area contributed by atoms with Crippen molar-refractivity contribution < 1.29 is 19.4 Å². The highest BCUT2D eigenvalue weighted by molar-refractivity contribution is 6.26. The van der Waals surface area contributed by atoms with E-state index in [2.05, 4.69) is 6.58 Å². The maximum Gasteiger partial charge on any atom is 0.331 e. The first-order chi connectivity index (χ1) is 5.97. The zero-order valence-corrected chi connectivity index (χ0v) is 8.00. The predicted molar refractivity (Wildman–Crippen MR) is 47.7 cm³/mol. The first-order valence-corrected chi connectivity index (χ1v) is 4.17. The van der Waals surface area contributed by atoms with Crippen molar-refractivity contribution in [2.24, 2.45) is 0 Å². The van der Waals surface area contributed by atoms with Crippen molar-refractivity contribution in [3.63, 3.8) is 0 Å². The van der Waals surface area contributed by atoms with E-state index >= 15 is 0 Å². The molecular formula is C8H11ClO4. The highest BCUT2D eigenvalue weighted by Gasteiger charge is 2.13. The molecule has 74 valence electrons. The molecule has 1 N–H and O–H groups in total. The molecule has 0 heterocycles. The van der Waals surface area contributed by atoms with Crippen molar-refractivity contribution in [3.8, 4) is 0 Å². The molecule has 1 atom stereocenters. The van der Waals surface area contributed by atoms with Gasteiger partial charge in [-0.25, -0.2) is 4.79 Å². The Kier molecular flexibility index (Phi) is 5.14. The lowest BCUT2D eigenvalue weighted by Crippen LogP contribution is -2.18. The lowest BCUT2D eigenvalue weighted by Gasteiger charge is -2.11. The summed E-state index contributed by atoms with van der Waals surface area (Å²) in [4.78, 5) is 21.0. The summed E-state index contributed by atoms with van der Waals surface area (Å²) in [6, 6.07) is 0. The molecule has 5 heteroatoms. The summed E-state index contributed by atoms with van der Waals surface area (Å²) < 4.78 is 4.73. The second kappa shape index (κ2) is 5.59. The number of ether oxygens (including phenoxy) is 1. The fourth-order valence-corrected chi connectivity index (χ4v) is 0.795. The van der Waals surface area contributed by atoms with Crippen LogP contribution in [0.25, 0.3) is 0 Å². The van der Waals surface area contributed by atoms with Gasteiger partial charge in [0.15, 0.2) is 0 Å². The molecule has 4 nitrogen and oxygen atoms in total. The van der Waals surface area contributed by atoms with Crippen LogP contribution in [0.3, 0.4) is 0 Å². The Hall–Kier alpha value is -1.03. The van der Waals surface area contributed by atoms with Crippen LogP contribution in [0.15, 0.2) is 12.2 Å². The van der Waals surface area contributed by atoms with Crippen LogP contribution in [-0.2, 0) is 14.3 Å². The minimum absolute atomic E-state index is 0.00914. The number of hydrogen-bond acceptors (Lipinski definition) is 3. The fraction of sp³-hybridized carbons (Fsp3) is 0.500. The van der Waals surface area contributed by atoms with Crippen molar-refractivity contribution in [1.29, 1.82) is 0 Å². The van der Waals surface area contributed by atoms with Gasteiger partial charge in [-0.2, -0.15) is 0 Å². The number of carbonyl (C=O) groups excluding carboxylic acids is 1. The Morgan fingerprint density at radius 3 is 2.54 bits per heavy atom. The molecule has 0 aliphatic carbocycles. The number of carbonyl (C=O) groups is 2. The molecular weight excluding hydrogens is 196 g/mol. The number of carboxylic acids is 1. The Bertz CT molecular complexity index is 224. The van der Waals surface area contributed by atoms with Crippen molar-refractivity contribution in [2.45, 2.75) is 19.4 Å². The van der Waals surface area contributed by atoms with Gasteiger partial charge in [-0.05, 0) is 6.92 Å². The van der Waals surface area contributed by atoms with E-state index in [0.717, 1.165) is 0 Å². The summed E-state index contributed by atoms with van der Waals surface area (Å²) in [7, 11) is 0. The number of hydrogen-bond donors (Lipinski definition) is 1. The van der Waals surface area contributed by atoms with E-state index in [-0.39, 0.29) is 17.9 Å². The van der Waals surface area contributed by atoms with Crippen LogP contribution in [0.5, 0.6) is 0 Å². The van der Waals surface area contributed by atoms with Gasteiger partial charge in [0.25, 0.3) is 0 Å². The van der Waals surface area contributed by atoms with Gasteiger partial charge in [0, 0.05) is 12.0 Å². The number of rotatable bonds is 5. The van der Waals surface area contributed by atoms with E-state index in [4.69, 9.17) is 21.4 Å². The third kappa shape index (κ3) is 5.25. The average molecular weight is 207 g/mol. The smallest absolute Gasteiger partial charge is 0.331 e. The van der Waals surface area contributed by atoms with Crippen LogP contribution in [-0.4, -0.2) is 29.0 Å². The second-order valence-corrected chi connectivity index (χ2v) is 2.81. The normalized spacial score (nSPS) is 11.8. The number of aliphatic carboxylic acids is 1. The zero-order chi connectivity index (χ0) is 10.4. The zero-order valence-electron chi connectivity index (χ0n) is 7.25. The van der Waals surface area contributed by atoms with E-state index in [1.54, 1.807) is 6.92 Å². The molecule has 0 aliphatic heterocycles. The maximum atomic E-state index is 10.6. The monoisotopic (exact) mass is 206 g/mol.